The highest BCUT2D eigenvalue weighted by Gasteiger charge is 2.34. The van der Waals surface area contributed by atoms with E-state index in [4.69, 9.17) is 10.00 Å². The molecule has 0 spiro atoms. The zero-order valence-corrected chi connectivity index (χ0v) is 10.7. The molecule has 0 aliphatic carbocycles. The molecule has 92 valence electrons. The van der Waals surface area contributed by atoms with E-state index in [1.165, 1.54) is 0 Å². The van der Waals surface area contributed by atoms with E-state index in [9.17, 15) is 4.79 Å². The first-order valence-electron chi connectivity index (χ1n) is 5.87. The lowest BCUT2D eigenvalue weighted by atomic mass is 9.83. The maximum Gasteiger partial charge on any atom is 0.240 e. The highest BCUT2D eigenvalue weighted by Crippen LogP contribution is 2.25. The molecule has 0 aromatic rings. The Hall–Kier alpha value is -1.08. The van der Waals surface area contributed by atoms with Crippen LogP contribution in [-0.4, -0.2) is 25.2 Å². The van der Waals surface area contributed by atoms with E-state index in [0.717, 1.165) is 0 Å². The third-order valence-corrected chi connectivity index (χ3v) is 2.86. The summed E-state index contributed by atoms with van der Waals surface area (Å²) in [6, 6.07) is 2.12. The summed E-state index contributed by atoms with van der Waals surface area (Å²) >= 11 is 0. The maximum absolute atomic E-state index is 11.9. The van der Waals surface area contributed by atoms with Gasteiger partial charge in [0.1, 0.15) is 5.41 Å². The van der Waals surface area contributed by atoms with E-state index in [1.807, 2.05) is 27.7 Å². The van der Waals surface area contributed by atoms with Crippen molar-refractivity contribution in [2.45, 2.75) is 46.6 Å². The largest absolute Gasteiger partial charge is 0.377 e. The van der Waals surface area contributed by atoms with Crippen LogP contribution in [-0.2, 0) is 9.53 Å². The summed E-state index contributed by atoms with van der Waals surface area (Å²) in [6.07, 6.45) is 1.06. The highest BCUT2D eigenvalue weighted by molar-refractivity contribution is 5.85. The van der Waals surface area contributed by atoms with Gasteiger partial charge in [0.05, 0.1) is 12.2 Å². The van der Waals surface area contributed by atoms with Crippen LogP contribution in [0.1, 0.15) is 40.5 Å². The van der Waals surface area contributed by atoms with Crippen molar-refractivity contribution in [3.63, 3.8) is 0 Å². The Morgan fingerprint density at radius 2 is 2.00 bits per heavy atom. The second-order valence-electron chi connectivity index (χ2n) is 3.88. The van der Waals surface area contributed by atoms with Gasteiger partial charge in [-0.2, -0.15) is 5.26 Å². The molecule has 0 aromatic carbocycles. The van der Waals surface area contributed by atoms with Crippen LogP contribution in [0.2, 0.25) is 0 Å². The monoisotopic (exact) mass is 226 g/mol. The lowest BCUT2D eigenvalue weighted by molar-refractivity contribution is -0.129. The first-order valence-corrected chi connectivity index (χ1v) is 5.87. The molecule has 0 aliphatic rings. The molecule has 1 N–H and O–H groups in total. The van der Waals surface area contributed by atoms with Gasteiger partial charge >= 0.3 is 0 Å². The lowest BCUT2D eigenvalue weighted by Gasteiger charge is -2.23. The van der Waals surface area contributed by atoms with Gasteiger partial charge in [0.15, 0.2) is 0 Å². The Morgan fingerprint density at radius 3 is 2.38 bits per heavy atom. The molecule has 0 rings (SSSR count). The van der Waals surface area contributed by atoms with Crippen molar-refractivity contribution < 1.29 is 9.53 Å². The van der Waals surface area contributed by atoms with Crippen LogP contribution < -0.4 is 5.32 Å². The summed E-state index contributed by atoms with van der Waals surface area (Å²) in [4.78, 5) is 11.9. The number of rotatable bonds is 7. The van der Waals surface area contributed by atoms with Crippen LogP contribution in [0.25, 0.3) is 0 Å². The van der Waals surface area contributed by atoms with Crippen molar-refractivity contribution >= 4 is 5.91 Å². The highest BCUT2D eigenvalue weighted by atomic mass is 16.5. The van der Waals surface area contributed by atoms with E-state index < -0.39 is 5.41 Å². The van der Waals surface area contributed by atoms with E-state index in [0.29, 0.717) is 26.0 Å². The predicted molar refractivity (Wildman–Crippen MR) is 62.7 cm³/mol. The van der Waals surface area contributed by atoms with Crippen LogP contribution in [0.4, 0.5) is 0 Å². The number of carbonyl (C=O) groups is 1. The van der Waals surface area contributed by atoms with Crippen molar-refractivity contribution in [1.82, 2.24) is 5.32 Å². The summed E-state index contributed by atoms with van der Waals surface area (Å²) in [5.74, 6) is -0.188. The molecule has 0 aliphatic heterocycles. The van der Waals surface area contributed by atoms with Crippen molar-refractivity contribution in [3.8, 4) is 6.07 Å². The SMILES string of the molecule is CCOC(C)CNC(=O)C(C#N)(CC)CC. The summed E-state index contributed by atoms with van der Waals surface area (Å²) < 4.78 is 5.31. The molecule has 0 aromatic heterocycles. The number of hydrogen-bond acceptors (Lipinski definition) is 3. The molecule has 0 saturated heterocycles. The number of hydrogen-bond donors (Lipinski definition) is 1. The fraction of sp³-hybridized carbons (Fsp3) is 0.833. The van der Waals surface area contributed by atoms with Gasteiger partial charge in [0.2, 0.25) is 5.91 Å². The van der Waals surface area contributed by atoms with Crippen molar-refractivity contribution in [1.29, 1.82) is 5.26 Å². The van der Waals surface area contributed by atoms with Crippen LogP contribution in [0.15, 0.2) is 0 Å². The molecule has 0 fully saturated rings. The minimum absolute atomic E-state index is 0.0148. The zero-order chi connectivity index (χ0) is 12.6. The van der Waals surface area contributed by atoms with Gasteiger partial charge < -0.3 is 10.1 Å². The molecule has 16 heavy (non-hydrogen) atoms. The quantitative estimate of drug-likeness (QED) is 0.720. The Balaban J connectivity index is 4.29. The number of ether oxygens (including phenoxy) is 1. The molecule has 0 heterocycles. The van der Waals surface area contributed by atoms with Gasteiger partial charge in [0, 0.05) is 13.2 Å². The first kappa shape index (κ1) is 14.9. The van der Waals surface area contributed by atoms with Gasteiger partial charge in [0.25, 0.3) is 0 Å². The standard InChI is InChI=1S/C12H22N2O2/c1-5-12(6-2,9-13)11(15)14-8-10(4)16-7-3/h10H,5-8H2,1-4H3,(H,14,15). The van der Waals surface area contributed by atoms with E-state index in [1.54, 1.807) is 0 Å². The van der Waals surface area contributed by atoms with E-state index in [-0.39, 0.29) is 12.0 Å². The Kier molecular flexibility index (Phi) is 6.75. The molecule has 4 heteroatoms. The fourth-order valence-corrected chi connectivity index (χ4v) is 1.53. The zero-order valence-electron chi connectivity index (χ0n) is 10.7. The molecule has 0 saturated carbocycles. The third-order valence-electron chi connectivity index (χ3n) is 2.86. The van der Waals surface area contributed by atoms with Crippen molar-refractivity contribution in [2.75, 3.05) is 13.2 Å². The topological polar surface area (TPSA) is 62.1 Å². The molecule has 0 radical (unpaired) electrons. The van der Waals surface area contributed by atoms with Crippen LogP contribution in [0, 0.1) is 16.7 Å². The molecule has 0 bridgehead atoms. The normalized spacial score (nSPS) is 12.9. The van der Waals surface area contributed by atoms with Crippen molar-refractivity contribution in [3.05, 3.63) is 0 Å². The number of nitriles is 1. The Labute approximate surface area is 98.0 Å². The number of nitrogens with one attached hydrogen (secondary N) is 1. The number of amides is 1. The predicted octanol–water partition coefficient (Wildman–Crippen LogP) is 1.86. The summed E-state index contributed by atoms with van der Waals surface area (Å²) in [6.45, 7) is 8.61. The van der Waals surface area contributed by atoms with Gasteiger partial charge in [-0.25, -0.2) is 0 Å². The smallest absolute Gasteiger partial charge is 0.240 e. The van der Waals surface area contributed by atoms with Gasteiger partial charge in [-0.1, -0.05) is 13.8 Å². The average Bonchev–Trinajstić information content (AvgIpc) is 2.30. The first-order chi connectivity index (χ1) is 7.56. The average molecular weight is 226 g/mol. The molecule has 1 unspecified atom stereocenters. The summed E-state index contributed by atoms with van der Waals surface area (Å²) in [5, 5.41) is 11.8. The van der Waals surface area contributed by atoms with Crippen LogP contribution >= 0.6 is 0 Å². The molecule has 4 nitrogen and oxygen atoms in total. The van der Waals surface area contributed by atoms with Crippen LogP contribution in [0.3, 0.4) is 0 Å². The lowest BCUT2D eigenvalue weighted by Crippen LogP contribution is -2.42. The van der Waals surface area contributed by atoms with Crippen molar-refractivity contribution in [2.24, 2.45) is 5.41 Å². The minimum atomic E-state index is -0.883. The summed E-state index contributed by atoms with van der Waals surface area (Å²) in [7, 11) is 0. The minimum Gasteiger partial charge on any atom is -0.377 e. The molecule has 1 atom stereocenters. The van der Waals surface area contributed by atoms with Gasteiger partial charge in [-0.05, 0) is 26.7 Å². The Bertz CT molecular complexity index is 254. The third kappa shape index (κ3) is 3.82. The van der Waals surface area contributed by atoms with Gasteiger partial charge in [-0.3, -0.25) is 4.79 Å². The van der Waals surface area contributed by atoms with E-state index in [2.05, 4.69) is 11.4 Å². The van der Waals surface area contributed by atoms with Gasteiger partial charge in [-0.15, -0.1) is 0 Å². The Morgan fingerprint density at radius 1 is 1.44 bits per heavy atom. The molecule has 1 amide bonds. The van der Waals surface area contributed by atoms with Crippen LogP contribution in [0.5, 0.6) is 0 Å². The second kappa shape index (κ2) is 7.24. The molecular weight excluding hydrogens is 204 g/mol. The van der Waals surface area contributed by atoms with E-state index >= 15 is 0 Å². The fourth-order valence-electron chi connectivity index (χ4n) is 1.53. The molecular formula is C12H22N2O2. The maximum atomic E-state index is 11.9. The number of carbonyl (C=O) groups excluding carboxylic acids is 1. The number of nitrogens with zero attached hydrogens (tertiary/aromatic N) is 1. The summed E-state index contributed by atoms with van der Waals surface area (Å²) in [5.41, 5.74) is -0.883. The second-order valence-corrected chi connectivity index (χ2v) is 3.88.